The van der Waals surface area contributed by atoms with Crippen molar-refractivity contribution in [2.45, 2.75) is 25.8 Å². The molecule has 2 N–H and O–H groups in total. The van der Waals surface area contributed by atoms with Gasteiger partial charge in [0.15, 0.2) is 0 Å². The molecule has 2 amide bonds. The van der Waals surface area contributed by atoms with Crippen LogP contribution in [0.1, 0.15) is 29.7 Å². The molecule has 2 aromatic rings. The minimum Gasteiger partial charge on any atom is -0.493 e. The molecule has 3 aliphatic heterocycles. The summed E-state index contributed by atoms with van der Waals surface area (Å²) in [5.74, 6) is 1.95. The summed E-state index contributed by atoms with van der Waals surface area (Å²) in [6.07, 6.45) is 6.49. The van der Waals surface area contributed by atoms with Crippen molar-refractivity contribution < 1.29 is 14.3 Å². The van der Waals surface area contributed by atoms with Crippen molar-refractivity contribution >= 4 is 34.9 Å². The molecule has 0 bridgehead atoms. The SMILES string of the molecule is O=C1NC(=O)C(=Cc2ccnc(N3CCC(CNCc4ccc5c(c4)CCO5)CC3)n2)S1. The molecule has 0 unspecified atom stereocenters. The standard InChI is InChI=1S/C23H25N5O3S/c29-21-20(32-23(30)27-21)12-18-3-7-25-22(26-18)28-8-4-15(5-9-28)13-24-14-16-1-2-19-17(11-16)6-10-31-19/h1-3,7,11-12,15,24H,4-6,8-10,13-14H2,(H,27,29,30). The van der Waals surface area contributed by atoms with E-state index in [2.05, 4.69) is 43.7 Å². The Kier molecular flexibility index (Phi) is 6.09. The minimum atomic E-state index is -0.373. The summed E-state index contributed by atoms with van der Waals surface area (Å²) in [5, 5.41) is 5.52. The first kappa shape index (κ1) is 21.0. The molecule has 9 heteroatoms. The highest BCUT2D eigenvalue weighted by Crippen LogP contribution is 2.27. The molecule has 0 radical (unpaired) electrons. The summed E-state index contributed by atoms with van der Waals surface area (Å²) in [6.45, 7) is 4.46. The van der Waals surface area contributed by atoms with Gasteiger partial charge in [-0.3, -0.25) is 14.9 Å². The first-order valence-corrected chi connectivity index (χ1v) is 11.7. The first-order chi connectivity index (χ1) is 15.6. The second-order valence-corrected chi connectivity index (χ2v) is 9.25. The fraction of sp³-hybridized carbons (Fsp3) is 0.391. The molecule has 2 fully saturated rings. The number of hydrogen-bond acceptors (Lipinski definition) is 8. The van der Waals surface area contributed by atoms with Crippen molar-refractivity contribution in [2.75, 3.05) is 31.1 Å². The molecule has 0 spiro atoms. The average molecular weight is 452 g/mol. The van der Waals surface area contributed by atoms with Crippen molar-refractivity contribution in [3.05, 3.63) is 52.2 Å². The van der Waals surface area contributed by atoms with E-state index < -0.39 is 0 Å². The number of hydrogen-bond donors (Lipinski definition) is 2. The first-order valence-electron chi connectivity index (χ1n) is 10.9. The molecule has 2 saturated heterocycles. The van der Waals surface area contributed by atoms with Crippen LogP contribution in [0.5, 0.6) is 5.75 Å². The Labute approximate surface area is 190 Å². The van der Waals surface area contributed by atoms with Crippen LogP contribution in [0, 0.1) is 5.92 Å². The summed E-state index contributed by atoms with van der Waals surface area (Å²) in [4.78, 5) is 34.6. The molecule has 4 heterocycles. The topological polar surface area (TPSA) is 96.5 Å². The van der Waals surface area contributed by atoms with Crippen molar-refractivity contribution in [2.24, 2.45) is 5.92 Å². The average Bonchev–Trinajstić information content (AvgIpc) is 3.39. The lowest BCUT2D eigenvalue weighted by Gasteiger charge is -2.32. The third-order valence-electron chi connectivity index (χ3n) is 6.00. The van der Waals surface area contributed by atoms with Crippen molar-refractivity contribution in [1.82, 2.24) is 20.6 Å². The number of aromatic nitrogens is 2. The van der Waals surface area contributed by atoms with Crippen LogP contribution in [-0.2, 0) is 17.8 Å². The predicted molar refractivity (Wildman–Crippen MR) is 123 cm³/mol. The number of nitrogens with one attached hydrogen (secondary N) is 2. The maximum atomic E-state index is 11.8. The van der Waals surface area contributed by atoms with E-state index in [1.54, 1.807) is 18.3 Å². The third kappa shape index (κ3) is 4.78. The van der Waals surface area contributed by atoms with Crippen molar-refractivity contribution in [1.29, 1.82) is 0 Å². The van der Waals surface area contributed by atoms with Gasteiger partial charge in [-0.15, -0.1) is 0 Å². The third-order valence-corrected chi connectivity index (χ3v) is 6.81. The lowest BCUT2D eigenvalue weighted by molar-refractivity contribution is -0.115. The summed E-state index contributed by atoms with van der Waals surface area (Å²) in [7, 11) is 0. The summed E-state index contributed by atoms with van der Waals surface area (Å²) in [5.41, 5.74) is 3.25. The summed E-state index contributed by atoms with van der Waals surface area (Å²) in [6, 6.07) is 8.22. The molecular formula is C23H25N5O3S. The number of ether oxygens (including phenoxy) is 1. The van der Waals surface area contributed by atoms with E-state index in [1.807, 2.05) is 0 Å². The highest BCUT2D eigenvalue weighted by molar-refractivity contribution is 8.18. The predicted octanol–water partition coefficient (Wildman–Crippen LogP) is 2.74. The van der Waals surface area contributed by atoms with Gasteiger partial charge >= 0.3 is 0 Å². The number of anilines is 1. The van der Waals surface area contributed by atoms with Gasteiger partial charge in [0.05, 0.1) is 17.2 Å². The van der Waals surface area contributed by atoms with Gasteiger partial charge in [-0.2, -0.15) is 0 Å². The molecule has 8 nitrogen and oxygen atoms in total. The fourth-order valence-electron chi connectivity index (χ4n) is 4.26. The van der Waals surface area contributed by atoms with Gasteiger partial charge in [0.1, 0.15) is 5.75 Å². The molecule has 1 aromatic carbocycles. The Morgan fingerprint density at radius 1 is 1.25 bits per heavy atom. The number of carbonyl (C=O) groups excluding carboxylic acids is 2. The van der Waals surface area contributed by atoms with E-state index in [4.69, 9.17) is 4.74 Å². The van der Waals surface area contributed by atoms with Gasteiger partial charge in [0, 0.05) is 32.3 Å². The number of imide groups is 1. The monoisotopic (exact) mass is 451 g/mol. The van der Waals surface area contributed by atoms with E-state index in [1.165, 1.54) is 11.1 Å². The van der Waals surface area contributed by atoms with E-state index in [-0.39, 0.29) is 11.1 Å². The van der Waals surface area contributed by atoms with E-state index in [0.29, 0.717) is 22.5 Å². The molecule has 5 rings (SSSR count). The number of thioether (sulfide) groups is 1. The van der Waals surface area contributed by atoms with Gasteiger partial charge in [0.2, 0.25) is 5.95 Å². The fourth-order valence-corrected chi connectivity index (χ4v) is 4.92. The van der Waals surface area contributed by atoms with Gasteiger partial charge in [-0.25, -0.2) is 9.97 Å². The lowest BCUT2D eigenvalue weighted by Crippen LogP contribution is -2.38. The molecule has 0 aliphatic carbocycles. The highest BCUT2D eigenvalue weighted by Gasteiger charge is 2.25. The Balaban J connectivity index is 1.11. The number of carbonyl (C=O) groups is 2. The van der Waals surface area contributed by atoms with E-state index in [0.717, 1.165) is 69.6 Å². The van der Waals surface area contributed by atoms with Crippen LogP contribution in [0.2, 0.25) is 0 Å². The number of amides is 2. The van der Waals surface area contributed by atoms with Gasteiger partial charge in [0.25, 0.3) is 11.1 Å². The summed E-state index contributed by atoms with van der Waals surface area (Å²) < 4.78 is 5.58. The maximum Gasteiger partial charge on any atom is 0.290 e. The van der Waals surface area contributed by atoms with E-state index in [9.17, 15) is 9.59 Å². The molecular weight excluding hydrogens is 426 g/mol. The number of benzene rings is 1. The highest BCUT2D eigenvalue weighted by atomic mass is 32.2. The largest absolute Gasteiger partial charge is 0.493 e. The van der Waals surface area contributed by atoms with Crippen molar-refractivity contribution in [3.63, 3.8) is 0 Å². The van der Waals surface area contributed by atoms with Crippen LogP contribution < -0.4 is 20.3 Å². The molecule has 166 valence electrons. The number of fused-ring (bicyclic) bond motifs is 1. The second-order valence-electron chi connectivity index (χ2n) is 8.24. The van der Waals surface area contributed by atoms with Crippen LogP contribution in [0.25, 0.3) is 6.08 Å². The van der Waals surface area contributed by atoms with Gasteiger partial charge < -0.3 is 15.0 Å². The van der Waals surface area contributed by atoms with E-state index >= 15 is 0 Å². The molecule has 0 saturated carbocycles. The molecule has 0 atom stereocenters. The number of piperidine rings is 1. The molecule has 32 heavy (non-hydrogen) atoms. The van der Waals surface area contributed by atoms with Crippen LogP contribution in [0.15, 0.2) is 35.4 Å². The van der Waals surface area contributed by atoms with Gasteiger partial charge in [-0.05, 0) is 66.4 Å². The number of rotatable bonds is 6. The minimum absolute atomic E-state index is 0.351. The smallest absolute Gasteiger partial charge is 0.290 e. The van der Waals surface area contributed by atoms with Crippen LogP contribution >= 0.6 is 11.8 Å². The van der Waals surface area contributed by atoms with Crippen LogP contribution in [0.4, 0.5) is 10.7 Å². The quantitative estimate of drug-likeness (QED) is 0.648. The Bertz CT molecular complexity index is 1070. The summed E-state index contributed by atoms with van der Waals surface area (Å²) >= 11 is 0.896. The number of nitrogens with zero attached hydrogens (tertiary/aromatic N) is 3. The van der Waals surface area contributed by atoms with Crippen LogP contribution in [0.3, 0.4) is 0 Å². The normalized spacial score (nSPS) is 19.9. The van der Waals surface area contributed by atoms with Crippen molar-refractivity contribution in [3.8, 4) is 5.75 Å². The lowest BCUT2D eigenvalue weighted by atomic mass is 9.97. The zero-order chi connectivity index (χ0) is 21.9. The zero-order valence-corrected chi connectivity index (χ0v) is 18.5. The molecule has 3 aliphatic rings. The second kappa shape index (κ2) is 9.30. The molecule has 1 aromatic heterocycles. The maximum absolute atomic E-state index is 11.8. The zero-order valence-electron chi connectivity index (χ0n) is 17.7. The van der Waals surface area contributed by atoms with Crippen LogP contribution in [-0.4, -0.2) is 47.4 Å². The Morgan fingerprint density at radius 3 is 2.94 bits per heavy atom. The Morgan fingerprint density at radius 2 is 2.12 bits per heavy atom. The Hall–Kier alpha value is -2.91. The van der Waals surface area contributed by atoms with Gasteiger partial charge in [-0.1, -0.05) is 12.1 Å².